The Kier molecular flexibility index (Phi) is 2.71. The van der Waals surface area contributed by atoms with Crippen LogP contribution in [0.1, 0.15) is 23.3 Å². The maximum absolute atomic E-state index is 5.42. The molecule has 1 aliphatic rings. The summed E-state index contributed by atoms with van der Waals surface area (Å²) in [5.41, 5.74) is 2.77. The van der Waals surface area contributed by atoms with Gasteiger partial charge in [0.1, 0.15) is 5.01 Å². The molecule has 0 atom stereocenters. The highest BCUT2D eigenvalue weighted by Gasteiger charge is 2.21. The van der Waals surface area contributed by atoms with Gasteiger partial charge in [-0.05, 0) is 43.4 Å². The number of aromatic nitrogens is 4. The lowest BCUT2D eigenvalue weighted by molar-refractivity contribution is 0.575. The molecule has 0 unspecified atom stereocenters. The van der Waals surface area contributed by atoms with Crippen LogP contribution < -0.4 is 0 Å². The molecule has 7 heteroatoms. The molecule has 0 fully saturated rings. The lowest BCUT2D eigenvalue weighted by Crippen LogP contribution is -1.99. The summed E-state index contributed by atoms with van der Waals surface area (Å²) < 4.78 is 7.20. The molecule has 5 nitrogen and oxygen atoms in total. The molecular weight excluding hydrogens is 316 g/mol. The summed E-state index contributed by atoms with van der Waals surface area (Å²) >= 11 is 3.45. The van der Waals surface area contributed by atoms with Crippen molar-refractivity contribution in [2.75, 3.05) is 0 Å². The van der Waals surface area contributed by atoms with E-state index in [2.05, 4.69) is 15.6 Å². The SMILES string of the molecule is c1coc(-c2nnc3sc(-c4csc5c4CCCC5)nn23)c1. The third kappa shape index (κ3) is 1.79. The van der Waals surface area contributed by atoms with Crippen molar-refractivity contribution in [2.24, 2.45) is 0 Å². The van der Waals surface area contributed by atoms with Gasteiger partial charge in [-0.2, -0.15) is 9.61 Å². The second kappa shape index (κ2) is 4.76. The Hall–Kier alpha value is -1.99. The van der Waals surface area contributed by atoms with Crippen LogP contribution in [0, 0.1) is 0 Å². The topological polar surface area (TPSA) is 56.2 Å². The van der Waals surface area contributed by atoms with E-state index in [4.69, 9.17) is 9.52 Å². The predicted octanol–water partition coefficient (Wildman–Crippen LogP) is 4.05. The summed E-state index contributed by atoms with van der Waals surface area (Å²) in [6.07, 6.45) is 6.60. The molecule has 5 rings (SSSR count). The van der Waals surface area contributed by atoms with E-state index in [1.165, 1.54) is 41.7 Å². The molecule has 0 amide bonds. The monoisotopic (exact) mass is 328 g/mol. The normalized spacial score (nSPS) is 14.5. The highest BCUT2D eigenvalue weighted by Crippen LogP contribution is 2.38. The zero-order valence-corrected chi connectivity index (χ0v) is 13.3. The van der Waals surface area contributed by atoms with Crippen molar-refractivity contribution < 1.29 is 4.42 Å². The highest BCUT2D eigenvalue weighted by atomic mass is 32.1. The van der Waals surface area contributed by atoms with Crippen molar-refractivity contribution in [2.45, 2.75) is 25.7 Å². The number of fused-ring (bicyclic) bond motifs is 2. The van der Waals surface area contributed by atoms with Crippen molar-refractivity contribution in [3.63, 3.8) is 0 Å². The van der Waals surface area contributed by atoms with Crippen LogP contribution in [0.2, 0.25) is 0 Å². The first-order valence-corrected chi connectivity index (χ1v) is 8.95. The zero-order chi connectivity index (χ0) is 14.5. The summed E-state index contributed by atoms with van der Waals surface area (Å²) in [7, 11) is 0. The van der Waals surface area contributed by atoms with Crippen molar-refractivity contribution in [1.29, 1.82) is 0 Å². The Morgan fingerprint density at radius 1 is 1.18 bits per heavy atom. The molecule has 22 heavy (non-hydrogen) atoms. The van der Waals surface area contributed by atoms with Gasteiger partial charge in [0.15, 0.2) is 5.76 Å². The summed E-state index contributed by atoms with van der Waals surface area (Å²) in [6, 6.07) is 3.72. The van der Waals surface area contributed by atoms with Gasteiger partial charge < -0.3 is 4.42 Å². The summed E-state index contributed by atoms with van der Waals surface area (Å²) in [5.74, 6) is 1.35. The maximum atomic E-state index is 5.42. The van der Waals surface area contributed by atoms with Crippen LogP contribution >= 0.6 is 22.7 Å². The Labute approximate surface area is 134 Å². The minimum absolute atomic E-state index is 0.659. The van der Waals surface area contributed by atoms with E-state index in [1.54, 1.807) is 22.1 Å². The number of thiophene rings is 1. The Bertz CT molecular complexity index is 948. The van der Waals surface area contributed by atoms with E-state index in [0.29, 0.717) is 11.6 Å². The van der Waals surface area contributed by atoms with Crippen LogP contribution in [0.3, 0.4) is 0 Å². The zero-order valence-electron chi connectivity index (χ0n) is 11.7. The fourth-order valence-electron chi connectivity index (χ4n) is 2.96. The van der Waals surface area contributed by atoms with Gasteiger partial charge in [0.2, 0.25) is 10.8 Å². The molecule has 4 heterocycles. The third-order valence-corrected chi connectivity index (χ3v) is 6.04. The summed E-state index contributed by atoms with van der Waals surface area (Å²) in [5, 5.41) is 16.4. The minimum Gasteiger partial charge on any atom is -0.461 e. The molecule has 0 aromatic carbocycles. The fourth-order valence-corrected chi connectivity index (χ4v) is 5.05. The second-order valence-electron chi connectivity index (χ2n) is 5.36. The lowest BCUT2D eigenvalue weighted by Gasteiger charge is -2.11. The summed E-state index contributed by atoms with van der Waals surface area (Å²) in [4.78, 5) is 2.33. The van der Waals surface area contributed by atoms with E-state index in [9.17, 15) is 0 Å². The molecule has 0 aliphatic heterocycles. The number of furan rings is 1. The van der Waals surface area contributed by atoms with Gasteiger partial charge in [0.05, 0.1) is 6.26 Å². The average molecular weight is 328 g/mol. The molecular formula is C15H12N4OS2. The van der Waals surface area contributed by atoms with Gasteiger partial charge >= 0.3 is 0 Å². The van der Waals surface area contributed by atoms with Gasteiger partial charge in [-0.15, -0.1) is 21.5 Å². The van der Waals surface area contributed by atoms with Crippen LogP contribution in [0.25, 0.3) is 27.1 Å². The van der Waals surface area contributed by atoms with Gasteiger partial charge in [-0.1, -0.05) is 11.3 Å². The first kappa shape index (κ1) is 12.5. The van der Waals surface area contributed by atoms with Crippen LogP contribution in [-0.4, -0.2) is 19.8 Å². The molecule has 4 aromatic rings. The second-order valence-corrected chi connectivity index (χ2v) is 7.28. The Morgan fingerprint density at radius 2 is 2.14 bits per heavy atom. The number of aryl methyl sites for hydroxylation is 1. The number of hydrogen-bond donors (Lipinski definition) is 0. The van der Waals surface area contributed by atoms with Crippen molar-refractivity contribution in [3.05, 3.63) is 34.2 Å². The standard InChI is InChI=1S/C15H12N4OS2/c1-2-6-12-9(4-1)10(8-21-12)14-18-19-13(11-5-3-7-20-11)16-17-15(19)22-14/h3,5,7-8H,1-2,4,6H2. The number of nitrogens with zero attached hydrogens (tertiary/aromatic N) is 4. The van der Waals surface area contributed by atoms with Gasteiger partial charge in [-0.25, -0.2) is 0 Å². The molecule has 4 aromatic heterocycles. The molecule has 0 saturated heterocycles. The van der Waals surface area contributed by atoms with Crippen molar-refractivity contribution in [3.8, 4) is 22.2 Å². The number of hydrogen-bond acceptors (Lipinski definition) is 6. The first-order chi connectivity index (χ1) is 10.9. The minimum atomic E-state index is 0.659. The third-order valence-electron chi connectivity index (χ3n) is 4.02. The van der Waals surface area contributed by atoms with Crippen molar-refractivity contribution >= 4 is 27.6 Å². The number of rotatable bonds is 2. The largest absolute Gasteiger partial charge is 0.461 e. The summed E-state index contributed by atoms with van der Waals surface area (Å²) in [6.45, 7) is 0. The molecule has 0 bridgehead atoms. The maximum Gasteiger partial charge on any atom is 0.235 e. The van der Waals surface area contributed by atoms with Crippen LogP contribution in [0.5, 0.6) is 0 Å². The molecule has 1 aliphatic carbocycles. The highest BCUT2D eigenvalue weighted by molar-refractivity contribution is 7.20. The van der Waals surface area contributed by atoms with Crippen LogP contribution in [-0.2, 0) is 12.8 Å². The molecule has 0 N–H and O–H groups in total. The first-order valence-electron chi connectivity index (χ1n) is 7.26. The quantitative estimate of drug-likeness (QED) is 0.557. The van der Waals surface area contributed by atoms with Gasteiger partial charge in [-0.3, -0.25) is 0 Å². The molecule has 0 radical (unpaired) electrons. The predicted molar refractivity (Wildman–Crippen MR) is 86.3 cm³/mol. The smallest absolute Gasteiger partial charge is 0.235 e. The van der Waals surface area contributed by atoms with Crippen LogP contribution in [0.15, 0.2) is 28.2 Å². The van der Waals surface area contributed by atoms with E-state index in [1.807, 2.05) is 23.5 Å². The average Bonchev–Trinajstić information content (AvgIpc) is 3.29. The molecule has 110 valence electrons. The van der Waals surface area contributed by atoms with Gasteiger partial charge in [0.25, 0.3) is 0 Å². The van der Waals surface area contributed by atoms with E-state index in [0.717, 1.165) is 9.97 Å². The molecule has 0 spiro atoms. The van der Waals surface area contributed by atoms with E-state index >= 15 is 0 Å². The van der Waals surface area contributed by atoms with Gasteiger partial charge in [0, 0.05) is 15.8 Å². The lowest BCUT2D eigenvalue weighted by atomic mass is 9.96. The molecule has 0 saturated carbocycles. The van der Waals surface area contributed by atoms with Crippen LogP contribution in [0.4, 0.5) is 0 Å². The fraction of sp³-hybridized carbons (Fsp3) is 0.267. The van der Waals surface area contributed by atoms with E-state index < -0.39 is 0 Å². The van der Waals surface area contributed by atoms with Crippen molar-refractivity contribution in [1.82, 2.24) is 19.8 Å². The Morgan fingerprint density at radius 3 is 3.05 bits per heavy atom. The van der Waals surface area contributed by atoms with E-state index in [-0.39, 0.29) is 0 Å². The Balaban J connectivity index is 1.66.